The highest BCUT2D eigenvalue weighted by molar-refractivity contribution is 5.78. The number of amides is 1. The van der Waals surface area contributed by atoms with Crippen LogP contribution in [-0.2, 0) is 11.4 Å². The van der Waals surface area contributed by atoms with Crippen molar-refractivity contribution in [3.8, 4) is 22.9 Å². The van der Waals surface area contributed by atoms with E-state index in [1.807, 2.05) is 54.3 Å². The van der Waals surface area contributed by atoms with E-state index >= 15 is 0 Å². The first kappa shape index (κ1) is 20.9. The van der Waals surface area contributed by atoms with Gasteiger partial charge >= 0.3 is 0 Å². The van der Waals surface area contributed by atoms with E-state index in [1.165, 1.54) is 6.42 Å². The fourth-order valence-electron chi connectivity index (χ4n) is 3.70. The van der Waals surface area contributed by atoms with Crippen molar-refractivity contribution in [3.05, 3.63) is 60.0 Å². The largest absolute Gasteiger partial charge is 0.484 e. The molecule has 0 saturated carbocycles. The minimum absolute atomic E-state index is 0.00158. The summed E-state index contributed by atoms with van der Waals surface area (Å²) >= 11 is 0. The molecule has 3 aromatic rings. The summed E-state index contributed by atoms with van der Waals surface area (Å²) in [4.78, 5) is 18.9. The Morgan fingerprint density at radius 2 is 2.06 bits per heavy atom. The summed E-state index contributed by atoms with van der Waals surface area (Å²) in [7, 11) is 0. The molecule has 1 fully saturated rings. The highest BCUT2D eigenvalue weighted by Crippen LogP contribution is 2.28. The molecule has 0 spiro atoms. The van der Waals surface area contributed by atoms with Crippen molar-refractivity contribution in [2.24, 2.45) is 5.92 Å². The number of ether oxygens (including phenoxy) is 2. The van der Waals surface area contributed by atoms with Crippen LogP contribution in [0.5, 0.6) is 11.5 Å². The molecule has 2 aromatic carbocycles. The Balaban J connectivity index is 1.39. The molecular weight excluding hydrogens is 394 g/mol. The number of carbonyl (C=O) groups is 1. The van der Waals surface area contributed by atoms with Gasteiger partial charge in [0, 0.05) is 13.1 Å². The molecule has 0 aliphatic carbocycles. The number of hydrogen-bond donors (Lipinski definition) is 0. The van der Waals surface area contributed by atoms with E-state index in [1.54, 1.807) is 6.07 Å². The second kappa shape index (κ2) is 9.64. The number of benzene rings is 2. The summed E-state index contributed by atoms with van der Waals surface area (Å²) in [5.74, 6) is 2.59. The number of rotatable bonds is 7. The predicted octanol–water partition coefficient (Wildman–Crippen LogP) is 4.26. The van der Waals surface area contributed by atoms with E-state index in [2.05, 4.69) is 17.1 Å². The number of piperidine rings is 1. The third kappa shape index (κ3) is 5.42. The third-order valence-electron chi connectivity index (χ3n) is 5.31. The monoisotopic (exact) mass is 421 g/mol. The van der Waals surface area contributed by atoms with Gasteiger partial charge in [-0.25, -0.2) is 0 Å². The van der Waals surface area contributed by atoms with Gasteiger partial charge in [0.1, 0.15) is 11.5 Å². The van der Waals surface area contributed by atoms with Crippen molar-refractivity contribution in [2.45, 2.75) is 33.3 Å². The third-order valence-corrected chi connectivity index (χ3v) is 5.31. The Labute approximate surface area is 182 Å². The molecule has 1 aliphatic heterocycles. The van der Waals surface area contributed by atoms with Gasteiger partial charge in [0.25, 0.3) is 11.8 Å². The lowest BCUT2D eigenvalue weighted by Crippen LogP contribution is -2.41. The molecule has 2 heterocycles. The first-order chi connectivity index (χ1) is 15.1. The van der Waals surface area contributed by atoms with Crippen molar-refractivity contribution in [1.29, 1.82) is 0 Å². The van der Waals surface area contributed by atoms with Crippen LogP contribution in [-0.4, -0.2) is 40.6 Å². The zero-order valence-corrected chi connectivity index (χ0v) is 17.9. The van der Waals surface area contributed by atoms with Gasteiger partial charge in [-0.3, -0.25) is 4.79 Å². The van der Waals surface area contributed by atoms with Crippen LogP contribution in [0, 0.1) is 12.8 Å². The Bertz CT molecular complexity index is 1030. The standard InChI is InChI=1S/C24H27N3O4/c1-17-7-5-9-19(13-17)29-15-22-25-24(26-31-22)20-10-3-4-11-21(20)30-16-23(28)27-12-6-8-18(2)14-27/h3-5,7,9-11,13,18H,6,8,12,14-16H2,1-2H3/t18-/m0/s1. The fourth-order valence-corrected chi connectivity index (χ4v) is 3.70. The highest BCUT2D eigenvalue weighted by Gasteiger charge is 2.22. The molecular formula is C24H27N3O4. The van der Waals surface area contributed by atoms with Gasteiger partial charge in [-0.05, 0) is 55.5 Å². The molecule has 1 saturated heterocycles. The maximum Gasteiger partial charge on any atom is 0.264 e. The van der Waals surface area contributed by atoms with Gasteiger partial charge in [-0.2, -0.15) is 4.98 Å². The average Bonchev–Trinajstić information content (AvgIpc) is 3.25. The summed E-state index contributed by atoms with van der Waals surface area (Å²) in [6.07, 6.45) is 2.21. The average molecular weight is 421 g/mol. The molecule has 162 valence electrons. The summed E-state index contributed by atoms with van der Waals surface area (Å²) in [5, 5.41) is 4.06. The van der Waals surface area contributed by atoms with Crippen LogP contribution in [0.2, 0.25) is 0 Å². The SMILES string of the molecule is Cc1cccc(OCc2nc(-c3ccccc3OCC(=O)N3CCC[C@H](C)C3)no2)c1. The minimum Gasteiger partial charge on any atom is -0.484 e. The number of hydrogen-bond acceptors (Lipinski definition) is 6. The molecule has 1 aromatic heterocycles. The van der Waals surface area contributed by atoms with Crippen molar-refractivity contribution >= 4 is 5.91 Å². The van der Waals surface area contributed by atoms with E-state index < -0.39 is 0 Å². The van der Waals surface area contributed by atoms with Gasteiger partial charge in [-0.1, -0.05) is 36.3 Å². The minimum atomic E-state index is -0.00902. The fraction of sp³-hybridized carbons (Fsp3) is 0.375. The molecule has 0 bridgehead atoms. The summed E-state index contributed by atoms with van der Waals surface area (Å²) < 4.78 is 16.9. The maximum absolute atomic E-state index is 12.5. The topological polar surface area (TPSA) is 77.7 Å². The number of carbonyl (C=O) groups excluding carboxylic acids is 1. The number of aryl methyl sites for hydroxylation is 1. The van der Waals surface area contributed by atoms with E-state index in [0.29, 0.717) is 28.9 Å². The molecule has 1 atom stereocenters. The molecule has 4 rings (SSSR count). The van der Waals surface area contributed by atoms with Gasteiger partial charge in [-0.15, -0.1) is 0 Å². The van der Waals surface area contributed by atoms with E-state index in [-0.39, 0.29) is 19.1 Å². The van der Waals surface area contributed by atoms with E-state index in [4.69, 9.17) is 14.0 Å². The van der Waals surface area contributed by atoms with E-state index in [0.717, 1.165) is 30.8 Å². The Morgan fingerprint density at radius 1 is 1.19 bits per heavy atom. The van der Waals surface area contributed by atoms with Crippen LogP contribution >= 0.6 is 0 Å². The van der Waals surface area contributed by atoms with Crippen molar-refractivity contribution in [1.82, 2.24) is 15.0 Å². The molecule has 31 heavy (non-hydrogen) atoms. The lowest BCUT2D eigenvalue weighted by atomic mass is 10.0. The van der Waals surface area contributed by atoms with Crippen LogP contribution in [0.3, 0.4) is 0 Å². The van der Waals surface area contributed by atoms with Crippen molar-refractivity contribution in [2.75, 3.05) is 19.7 Å². The first-order valence-electron chi connectivity index (χ1n) is 10.6. The zero-order chi connectivity index (χ0) is 21.6. The zero-order valence-electron chi connectivity index (χ0n) is 17.9. The second-order valence-corrected chi connectivity index (χ2v) is 7.99. The molecule has 0 radical (unpaired) electrons. The Kier molecular flexibility index (Phi) is 6.50. The molecule has 1 aliphatic rings. The molecule has 1 amide bonds. The summed E-state index contributed by atoms with van der Waals surface area (Å²) in [6, 6.07) is 15.1. The molecule has 0 N–H and O–H groups in total. The first-order valence-corrected chi connectivity index (χ1v) is 10.6. The number of para-hydroxylation sites is 1. The molecule has 7 heteroatoms. The van der Waals surface area contributed by atoms with Gasteiger partial charge in [0.15, 0.2) is 13.2 Å². The van der Waals surface area contributed by atoms with E-state index in [9.17, 15) is 4.79 Å². The smallest absolute Gasteiger partial charge is 0.264 e. The normalized spacial score (nSPS) is 16.2. The van der Waals surface area contributed by atoms with Crippen LogP contribution in [0.15, 0.2) is 53.1 Å². The van der Waals surface area contributed by atoms with Crippen LogP contribution in [0.4, 0.5) is 0 Å². The van der Waals surface area contributed by atoms with Crippen LogP contribution in [0.1, 0.15) is 31.2 Å². The van der Waals surface area contributed by atoms with Gasteiger partial charge in [0.05, 0.1) is 5.56 Å². The Morgan fingerprint density at radius 3 is 2.90 bits per heavy atom. The molecule has 7 nitrogen and oxygen atoms in total. The van der Waals surface area contributed by atoms with Crippen molar-refractivity contribution in [3.63, 3.8) is 0 Å². The summed E-state index contributed by atoms with van der Waals surface area (Å²) in [5.41, 5.74) is 1.79. The lowest BCUT2D eigenvalue weighted by Gasteiger charge is -2.30. The van der Waals surface area contributed by atoms with Crippen molar-refractivity contribution < 1.29 is 18.8 Å². The predicted molar refractivity (Wildman–Crippen MR) is 116 cm³/mol. The second-order valence-electron chi connectivity index (χ2n) is 7.99. The highest BCUT2D eigenvalue weighted by atomic mass is 16.5. The van der Waals surface area contributed by atoms with Crippen LogP contribution < -0.4 is 9.47 Å². The number of nitrogens with zero attached hydrogens (tertiary/aromatic N) is 3. The van der Waals surface area contributed by atoms with Gasteiger partial charge in [0.2, 0.25) is 5.82 Å². The Hall–Kier alpha value is -3.35. The number of likely N-dealkylation sites (tertiary alicyclic amines) is 1. The van der Waals surface area contributed by atoms with Crippen LogP contribution in [0.25, 0.3) is 11.4 Å². The maximum atomic E-state index is 12.5. The molecule has 0 unspecified atom stereocenters. The quantitative estimate of drug-likeness (QED) is 0.567. The summed E-state index contributed by atoms with van der Waals surface area (Å²) in [6.45, 7) is 5.93. The lowest BCUT2D eigenvalue weighted by molar-refractivity contribution is -0.135. The number of aromatic nitrogens is 2. The van der Waals surface area contributed by atoms with Gasteiger partial charge < -0.3 is 18.9 Å².